The number of benzene rings is 1. The van der Waals surface area contributed by atoms with Gasteiger partial charge in [0.25, 0.3) is 0 Å². The Bertz CT molecular complexity index is 632. The Hall–Kier alpha value is -1.70. The molecule has 150 valence electrons. The van der Waals surface area contributed by atoms with Crippen molar-refractivity contribution in [2.45, 2.75) is 25.4 Å². The van der Waals surface area contributed by atoms with Crippen LogP contribution in [0.25, 0.3) is 0 Å². The monoisotopic (exact) mass is 379 g/mol. The fourth-order valence-electron chi connectivity index (χ4n) is 4.13. The second kappa shape index (κ2) is 8.54. The Morgan fingerprint density at radius 2 is 1.81 bits per heavy atom. The highest BCUT2D eigenvalue weighted by Gasteiger charge is 2.35. The molecule has 0 aliphatic carbocycles. The zero-order chi connectivity index (χ0) is 19.4. The maximum atomic E-state index is 13.1. The van der Waals surface area contributed by atoms with E-state index in [1.54, 1.807) is 24.0 Å². The maximum Gasteiger partial charge on any atom is 0.219 e. The molecule has 0 aromatic heterocycles. The van der Waals surface area contributed by atoms with E-state index in [0.717, 1.165) is 18.8 Å². The lowest BCUT2D eigenvalue weighted by atomic mass is 9.90. The number of carbonyl (C=O) groups excluding carboxylic acids is 1. The number of anilines is 1. The molecule has 6 nitrogen and oxygen atoms in total. The molecule has 0 saturated carbocycles. The van der Waals surface area contributed by atoms with Crippen molar-refractivity contribution in [1.29, 1.82) is 0 Å². The smallest absolute Gasteiger partial charge is 0.219 e. The van der Waals surface area contributed by atoms with Crippen LogP contribution in [0.3, 0.4) is 0 Å². The van der Waals surface area contributed by atoms with Crippen LogP contribution in [0.5, 0.6) is 0 Å². The number of β-amino-alcohol motifs (C(OH)–C–C–N with tert-alkyl or cyclic N) is 1. The zero-order valence-electron chi connectivity index (χ0n) is 16.0. The quantitative estimate of drug-likeness (QED) is 0.815. The van der Waals surface area contributed by atoms with Gasteiger partial charge >= 0.3 is 0 Å². The first-order chi connectivity index (χ1) is 12.9. The number of halogens is 1. The van der Waals surface area contributed by atoms with E-state index in [1.807, 2.05) is 0 Å². The van der Waals surface area contributed by atoms with Crippen molar-refractivity contribution in [3.63, 3.8) is 0 Å². The molecule has 2 fully saturated rings. The minimum Gasteiger partial charge on any atom is -0.396 e. The van der Waals surface area contributed by atoms with E-state index in [4.69, 9.17) is 0 Å². The van der Waals surface area contributed by atoms with Crippen LogP contribution >= 0.6 is 0 Å². The Balaban J connectivity index is 1.57. The van der Waals surface area contributed by atoms with E-state index in [0.29, 0.717) is 45.6 Å². The summed E-state index contributed by atoms with van der Waals surface area (Å²) in [5.74, 6) is -0.201. The molecule has 0 spiro atoms. The van der Waals surface area contributed by atoms with Crippen LogP contribution in [0.15, 0.2) is 24.3 Å². The number of hydrogen-bond acceptors (Lipinski definition) is 5. The summed E-state index contributed by atoms with van der Waals surface area (Å²) in [5, 5.41) is 20.7. The van der Waals surface area contributed by atoms with Gasteiger partial charge in [0.15, 0.2) is 0 Å². The average molecular weight is 379 g/mol. The van der Waals surface area contributed by atoms with Gasteiger partial charge in [0.1, 0.15) is 5.82 Å². The van der Waals surface area contributed by atoms with Crippen LogP contribution in [-0.2, 0) is 4.79 Å². The van der Waals surface area contributed by atoms with Crippen LogP contribution in [0, 0.1) is 11.7 Å². The lowest BCUT2D eigenvalue weighted by molar-refractivity contribution is -0.129. The molecule has 0 radical (unpaired) electrons. The van der Waals surface area contributed by atoms with Crippen molar-refractivity contribution in [2.75, 3.05) is 57.3 Å². The summed E-state index contributed by atoms with van der Waals surface area (Å²) in [6.07, 6.45) is 1.28. The van der Waals surface area contributed by atoms with Gasteiger partial charge in [-0.3, -0.25) is 9.69 Å². The van der Waals surface area contributed by atoms with E-state index < -0.39 is 5.60 Å². The number of nitrogens with zero attached hydrogens (tertiary/aromatic N) is 3. The molecule has 1 unspecified atom stereocenters. The molecule has 2 N–H and O–H groups in total. The van der Waals surface area contributed by atoms with Gasteiger partial charge in [-0.25, -0.2) is 4.39 Å². The highest BCUT2D eigenvalue weighted by Crippen LogP contribution is 2.28. The molecular formula is C20H30FN3O3. The molecule has 1 aromatic rings. The van der Waals surface area contributed by atoms with Gasteiger partial charge in [0.2, 0.25) is 5.91 Å². The minimum atomic E-state index is -0.776. The first-order valence-electron chi connectivity index (χ1n) is 9.70. The van der Waals surface area contributed by atoms with Crippen molar-refractivity contribution in [3.8, 4) is 0 Å². The largest absolute Gasteiger partial charge is 0.396 e. The van der Waals surface area contributed by atoms with Crippen LogP contribution in [0.2, 0.25) is 0 Å². The maximum absolute atomic E-state index is 13.1. The van der Waals surface area contributed by atoms with Crippen LogP contribution in [-0.4, -0.2) is 83.9 Å². The van der Waals surface area contributed by atoms with Crippen LogP contribution in [0.1, 0.15) is 19.8 Å². The van der Waals surface area contributed by atoms with Gasteiger partial charge < -0.3 is 20.0 Å². The minimum absolute atomic E-state index is 0.0132. The van der Waals surface area contributed by atoms with E-state index in [2.05, 4.69) is 9.80 Å². The second-order valence-electron chi connectivity index (χ2n) is 7.94. The molecule has 2 aliphatic rings. The number of carbonyl (C=O) groups is 1. The summed E-state index contributed by atoms with van der Waals surface area (Å²) in [5.41, 5.74) is 0.202. The average Bonchev–Trinajstić information content (AvgIpc) is 2.85. The number of rotatable bonds is 4. The fourth-order valence-corrected chi connectivity index (χ4v) is 4.13. The third kappa shape index (κ3) is 5.18. The van der Waals surface area contributed by atoms with Gasteiger partial charge in [-0.2, -0.15) is 0 Å². The van der Waals surface area contributed by atoms with Crippen LogP contribution < -0.4 is 4.90 Å². The Labute approximate surface area is 160 Å². The fraction of sp³-hybridized carbons (Fsp3) is 0.650. The summed E-state index contributed by atoms with van der Waals surface area (Å²) < 4.78 is 13.1. The highest BCUT2D eigenvalue weighted by atomic mass is 19.1. The predicted octanol–water partition coefficient (Wildman–Crippen LogP) is 0.930. The van der Waals surface area contributed by atoms with Crippen molar-refractivity contribution < 1.29 is 19.4 Å². The van der Waals surface area contributed by atoms with Gasteiger partial charge in [0, 0.05) is 70.9 Å². The van der Waals surface area contributed by atoms with E-state index >= 15 is 0 Å². The number of aliphatic hydroxyl groups excluding tert-OH is 1. The zero-order valence-corrected chi connectivity index (χ0v) is 16.0. The van der Waals surface area contributed by atoms with Gasteiger partial charge in [0.05, 0.1) is 5.60 Å². The Morgan fingerprint density at radius 3 is 2.41 bits per heavy atom. The molecule has 1 aromatic carbocycles. The Morgan fingerprint density at radius 1 is 1.15 bits per heavy atom. The topological polar surface area (TPSA) is 67.2 Å². The summed E-state index contributed by atoms with van der Waals surface area (Å²) in [6.45, 7) is 6.18. The van der Waals surface area contributed by atoms with Gasteiger partial charge in [-0.1, -0.05) is 0 Å². The first kappa shape index (κ1) is 20.0. The van der Waals surface area contributed by atoms with Crippen molar-refractivity contribution in [2.24, 2.45) is 5.92 Å². The molecule has 2 aliphatic heterocycles. The van der Waals surface area contributed by atoms with E-state index in [-0.39, 0.29) is 24.2 Å². The third-order valence-corrected chi connectivity index (χ3v) is 5.79. The molecule has 2 heterocycles. The van der Waals surface area contributed by atoms with Gasteiger partial charge in [-0.15, -0.1) is 0 Å². The molecule has 2 saturated heterocycles. The van der Waals surface area contributed by atoms with Crippen molar-refractivity contribution in [1.82, 2.24) is 9.80 Å². The number of hydrogen-bond donors (Lipinski definition) is 2. The summed E-state index contributed by atoms with van der Waals surface area (Å²) >= 11 is 0. The molecule has 1 atom stereocenters. The Kier molecular flexibility index (Phi) is 6.34. The molecule has 7 heteroatoms. The number of piperidine rings is 1. The second-order valence-corrected chi connectivity index (χ2v) is 7.94. The summed E-state index contributed by atoms with van der Waals surface area (Å²) in [6, 6.07) is 6.47. The third-order valence-electron chi connectivity index (χ3n) is 5.79. The summed E-state index contributed by atoms with van der Waals surface area (Å²) in [7, 11) is 0. The lowest BCUT2D eigenvalue weighted by Gasteiger charge is -2.42. The van der Waals surface area contributed by atoms with Crippen molar-refractivity contribution in [3.05, 3.63) is 30.1 Å². The SMILES string of the molecule is CC(=O)N1CCN(CC2(O)CCN(c3ccc(F)cc3)CC2)CC(CO)C1. The normalized spacial score (nSPS) is 23.9. The molecule has 1 amide bonds. The predicted molar refractivity (Wildman–Crippen MR) is 102 cm³/mol. The van der Waals surface area contributed by atoms with Gasteiger partial charge in [-0.05, 0) is 37.1 Å². The highest BCUT2D eigenvalue weighted by molar-refractivity contribution is 5.73. The molecular weight excluding hydrogens is 349 g/mol. The standard InChI is InChI=1S/C20H30FN3O3/c1-16(26)24-11-10-22(12-17(13-24)14-25)15-20(27)6-8-23(9-7-20)19-4-2-18(21)3-5-19/h2-5,17,25,27H,6-15H2,1H3. The summed E-state index contributed by atoms with van der Waals surface area (Å²) in [4.78, 5) is 17.8. The van der Waals surface area contributed by atoms with Crippen molar-refractivity contribution >= 4 is 11.6 Å². The lowest BCUT2D eigenvalue weighted by Crippen LogP contribution is -2.52. The molecule has 3 rings (SSSR count). The van der Waals surface area contributed by atoms with E-state index in [9.17, 15) is 19.4 Å². The first-order valence-corrected chi connectivity index (χ1v) is 9.70. The number of aliphatic hydroxyl groups is 2. The molecule has 0 bridgehead atoms. The van der Waals surface area contributed by atoms with Crippen LogP contribution in [0.4, 0.5) is 10.1 Å². The molecule has 27 heavy (non-hydrogen) atoms. The van der Waals surface area contributed by atoms with E-state index in [1.165, 1.54) is 12.1 Å². The number of amides is 1.